The molecule has 1 heterocycles. The molecule has 0 spiro atoms. The highest BCUT2D eigenvalue weighted by molar-refractivity contribution is 5.95. The summed E-state index contributed by atoms with van der Waals surface area (Å²) in [6.45, 7) is 2.77. The number of ether oxygens (including phenoxy) is 1. The van der Waals surface area contributed by atoms with E-state index in [4.69, 9.17) is 10.5 Å². The fraction of sp³-hybridized carbons (Fsp3) is 0.278. The summed E-state index contributed by atoms with van der Waals surface area (Å²) in [5, 5.41) is 2.89. The van der Waals surface area contributed by atoms with Gasteiger partial charge in [-0.3, -0.25) is 4.79 Å². The van der Waals surface area contributed by atoms with Crippen LogP contribution in [-0.2, 0) is 11.2 Å². The Balaban J connectivity index is 0.00000192. The molecule has 122 valence electrons. The summed E-state index contributed by atoms with van der Waals surface area (Å²) in [5.74, 6) is 0.701. The number of rotatable bonds is 3. The Morgan fingerprint density at radius 2 is 1.96 bits per heavy atom. The first-order valence-electron chi connectivity index (χ1n) is 7.52. The molecule has 4 nitrogen and oxygen atoms in total. The summed E-state index contributed by atoms with van der Waals surface area (Å²) in [4.78, 5) is 12.3. The van der Waals surface area contributed by atoms with E-state index in [2.05, 4.69) is 5.32 Å². The van der Waals surface area contributed by atoms with Crippen LogP contribution in [-0.4, -0.2) is 12.5 Å². The van der Waals surface area contributed by atoms with Crippen LogP contribution in [0.5, 0.6) is 5.75 Å². The molecule has 2 aromatic carbocycles. The minimum absolute atomic E-state index is 0. The van der Waals surface area contributed by atoms with Crippen molar-refractivity contribution in [2.75, 3.05) is 11.9 Å². The van der Waals surface area contributed by atoms with Gasteiger partial charge in [0.1, 0.15) is 11.8 Å². The molecule has 23 heavy (non-hydrogen) atoms. The number of halogens is 1. The van der Waals surface area contributed by atoms with Gasteiger partial charge in [-0.2, -0.15) is 0 Å². The maximum atomic E-state index is 12.3. The number of nitrogens with one attached hydrogen (secondary N) is 1. The number of hydrogen-bond acceptors (Lipinski definition) is 3. The van der Waals surface area contributed by atoms with Gasteiger partial charge < -0.3 is 15.8 Å². The molecule has 0 aromatic heterocycles. The molecule has 0 saturated heterocycles. The van der Waals surface area contributed by atoms with Crippen LogP contribution in [0.3, 0.4) is 0 Å². The van der Waals surface area contributed by atoms with Gasteiger partial charge >= 0.3 is 0 Å². The maximum absolute atomic E-state index is 12.3. The van der Waals surface area contributed by atoms with E-state index >= 15 is 0 Å². The Hall–Kier alpha value is -2.04. The molecule has 1 amide bonds. The zero-order valence-electron chi connectivity index (χ0n) is 13.0. The minimum atomic E-state index is -0.673. The van der Waals surface area contributed by atoms with Crippen molar-refractivity contribution in [3.8, 4) is 5.75 Å². The first-order valence-corrected chi connectivity index (χ1v) is 7.52. The van der Waals surface area contributed by atoms with Gasteiger partial charge in [-0.25, -0.2) is 0 Å². The third kappa shape index (κ3) is 4.03. The fourth-order valence-corrected chi connectivity index (χ4v) is 2.58. The number of fused-ring (bicyclic) bond motifs is 1. The standard InChI is InChI=1S/C18H20N2O2.ClH/c1-12-4-6-13(7-5-12)17(19)18(21)20-15-8-9-16-14(11-15)3-2-10-22-16;/h4-9,11,17H,2-3,10,19H2,1H3,(H,20,21);1H. The summed E-state index contributed by atoms with van der Waals surface area (Å²) in [7, 11) is 0. The predicted octanol–water partition coefficient (Wildman–Crippen LogP) is 3.38. The highest BCUT2D eigenvalue weighted by atomic mass is 35.5. The van der Waals surface area contributed by atoms with Crippen molar-refractivity contribution in [1.82, 2.24) is 0 Å². The van der Waals surface area contributed by atoms with Gasteiger partial charge in [0.05, 0.1) is 6.61 Å². The van der Waals surface area contributed by atoms with E-state index in [1.165, 1.54) is 0 Å². The van der Waals surface area contributed by atoms with Gasteiger partial charge in [0.25, 0.3) is 0 Å². The van der Waals surface area contributed by atoms with Gasteiger partial charge in [0.15, 0.2) is 0 Å². The van der Waals surface area contributed by atoms with E-state index in [-0.39, 0.29) is 18.3 Å². The molecule has 1 aliphatic heterocycles. The third-order valence-electron chi connectivity index (χ3n) is 3.89. The van der Waals surface area contributed by atoms with Crippen molar-refractivity contribution < 1.29 is 9.53 Å². The van der Waals surface area contributed by atoms with Crippen LogP contribution in [0.15, 0.2) is 42.5 Å². The van der Waals surface area contributed by atoms with Crippen LogP contribution in [0, 0.1) is 6.92 Å². The number of anilines is 1. The van der Waals surface area contributed by atoms with Crippen LogP contribution in [0.25, 0.3) is 0 Å². The minimum Gasteiger partial charge on any atom is -0.493 e. The Morgan fingerprint density at radius 3 is 2.70 bits per heavy atom. The molecular weight excluding hydrogens is 312 g/mol. The number of carbonyl (C=O) groups is 1. The Bertz CT molecular complexity index is 686. The second-order valence-electron chi connectivity index (χ2n) is 5.65. The largest absolute Gasteiger partial charge is 0.493 e. The van der Waals surface area contributed by atoms with E-state index in [1.54, 1.807) is 0 Å². The molecule has 3 rings (SSSR count). The van der Waals surface area contributed by atoms with Crippen molar-refractivity contribution in [3.63, 3.8) is 0 Å². The molecule has 1 unspecified atom stereocenters. The average Bonchev–Trinajstić information content (AvgIpc) is 2.55. The number of amides is 1. The van der Waals surface area contributed by atoms with Crippen LogP contribution < -0.4 is 15.8 Å². The maximum Gasteiger partial charge on any atom is 0.245 e. The van der Waals surface area contributed by atoms with Crippen LogP contribution >= 0.6 is 12.4 Å². The Labute approximate surface area is 142 Å². The average molecular weight is 333 g/mol. The molecule has 1 atom stereocenters. The highest BCUT2D eigenvalue weighted by Gasteiger charge is 2.17. The first-order chi connectivity index (χ1) is 10.6. The SMILES string of the molecule is Cc1ccc(C(N)C(=O)Nc2ccc3c(c2)CCCO3)cc1.Cl. The topological polar surface area (TPSA) is 64.4 Å². The fourth-order valence-electron chi connectivity index (χ4n) is 2.58. The molecule has 0 bridgehead atoms. The number of aryl methyl sites for hydroxylation is 2. The third-order valence-corrected chi connectivity index (χ3v) is 3.89. The number of nitrogens with two attached hydrogens (primary N) is 1. The molecule has 0 fully saturated rings. The van der Waals surface area contributed by atoms with Crippen molar-refractivity contribution in [2.24, 2.45) is 5.73 Å². The first kappa shape index (κ1) is 17.3. The predicted molar refractivity (Wildman–Crippen MR) is 94.2 cm³/mol. The van der Waals surface area contributed by atoms with Gasteiger partial charge in [0.2, 0.25) is 5.91 Å². The molecular formula is C18H21ClN2O2. The van der Waals surface area contributed by atoms with Gasteiger partial charge in [-0.1, -0.05) is 29.8 Å². The lowest BCUT2D eigenvalue weighted by Gasteiger charge is -2.19. The number of benzene rings is 2. The van der Waals surface area contributed by atoms with Crippen molar-refractivity contribution in [1.29, 1.82) is 0 Å². The zero-order valence-corrected chi connectivity index (χ0v) is 13.9. The number of hydrogen-bond donors (Lipinski definition) is 2. The molecule has 3 N–H and O–H groups in total. The monoisotopic (exact) mass is 332 g/mol. The van der Waals surface area contributed by atoms with E-state index in [1.807, 2.05) is 49.4 Å². The van der Waals surface area contributed by atoms with Gasteiger partial charge in [0, 0.05) is 5.69 Å². The lowest BCUT2D eigenvalue weighted by atomic mass is 10.0. The van der Waals surface area contributed by atoms with Crippen LogP contribution in [0.2, 0.25) is 0 Å². The molecule has 1 aliphatic rings. The summed E-state index contributed by atoms with van der Waals surface area (Å²) in [5.41, 5.74) is 9.88. The zero-order chi connectivity index (χ0) is 15.5. The van der Waals surface area contributed by atoms with E-state index in [0.717, 1.165) is 47.6 Å². The van der Waals surface area contributed by atoms with E-state index in [0.29, 0.717) is 0 Å². The second kappa shape index (κ2) is 7.49. The van der Waals surface area contributed by atoms with Gasteiger partial charge in [-0.15, -0.1) is 12.4 Å². The van der Waals surface area contributed by atoms with E-state index in [9.17, 15) is 4.79 Å². The summed E-state index contributed by atoms with van der Waals surface area (Å²) >= 11 is 0. The van der Waals surface area contributed by atoms with E-state index < -0.39 is 6.04 Å². The normalized spacial score (nSPS) is 14.0. The van der Waals surface area contributed by atoms with Crippen LogP contribution in [0.4, 0.5) is 5.69 Å². The Morgan fingerprint density at radius 1 is 1.22 bits per heavy atom. The van der Waals surface area contributed by atoms with Gasteiger partial charge in [-0.05, 0) is 49.1 Å². The number of carbonyl (C=O) groups excluding carboxylic acids is 1. The summed E-state index contributed by atoms with van der Waals surface area (Å²) in [6, 6.07) is 12.7. The molecule has 0 saturated carbocycles. The summed E-state index contributed by atoms with van der Waals surface area (Å²) < 4.78 is 5.57. The van der Waals surface area contributed by atoms with Crippen molar-refractivity contribution in [3.05, 3.63) is 59.2 Å². The van der Waals surface area contributed by atoms with Crippen molar-refractivity contribution >= 4 is 24.0 Å². The lowest BCUT2D eigenvalue weighted by Crippen LogP contribution is -2.27. The van der Waals surface area contributed by atoms with Crippen molar-refractivity contribution in [2.45, 2.75) is 25.8 Å². The molecule has 0 aliphatic carbocycles. The van der Waals surface area contributed by atoms with Crippen LogP contribution in [0.1, 0.15) is 29.2 Å². The molecule has 5 heteroatoms. The Kier molecular flexibility index (Phi) is 5.64. The lowest BCUT2D eigenvalue weighted by molar-refractivity contribution is -0.117. The molecule has 2 aromatic rings. The smallest absolute Gasteiger partial charge is 0.245 e. The molecule has 0 radical (unpaired) electrons. The second-order valence-corrected chi connectivity index (χ2v) is 5.65. The quantitative estimate of drug-likeness (QED) is 0.905. The highest BCUT2D eigenvalue weighted by Crippen LogP contribution is 2.27. The summed E-state index contributed by atoms with van der Waals surface area (Å²) in [6.07, 6.45) is 1.98.